The van der Waals surface area contributed by atoms with Crippen molar-refractivity contribution in [3.8, 4) is 34.2 Å². The molecule has 3 fully saturated rings. The van der Waals surface area contributed by atoms with Crippen molar-refractivity contribution in [1.29, 1.82) is 0 Å². The highest BCUT2D eigenvalue weighted by molar-refractivity contribution is 6.33. The molecule has 0 bridgehead atoms. The predicted octanol–water partition coefficient (Wildman–Crippen LogP) is 14.6. The molecule has 678 valence electrons. The van der Waals surface area contributed by atoms with Crippen LogP contribution in [0.15, 0.2) is 142 Å². The van der Waals surface area contributed by atoms with E-state index in [9.17, 15) is 60.3 Å². The number of rotatable bonds is 19. The van der Waals surface area contributed by atoms with E-state index in [1.807, 2.05) is 51.9 Å². The van der Waals surface area contributed by atoms with E-state index < -0.39 is 28.8 Å². The van der Waals surface area contributed by atoms with Gasteiger partial charge in [0.25, 0.3) is 46.2 Å². The summed E-state index contributed by atoms with van der Waals surface area (Å²) in [5, 5.41) is 6.72. The number of hydrogen-bond donors (Lipinski definition) is 9. The van der Waals surface area contributed by atoms with Crippen LogP contribution < -0.4 is 33.0 Å². The lowest BCUT2D eigenvalue weighted by molar-refractivity contribution is 0.0501. The van der Waals surface area contributed by atoms with Gasteiger partial charge in [0.2, 0.25) is 0 Å². The number of halogens is 6. The number of carbonyl (C=O) groups excluding carboxylic acids is 5. The molecule has 27 nitrogen and oxygen atoms in total. The van der Waals surface area contributed by atoms with Crippen LogP contribution in [0.3, 0.4) is 0 Å². The molecule has 10 N–H and O–H groups in total. The average molecular weight is 1790 g/mol. The number of benzene rings is 6. The Morgan fingerprint density at radius 3 is 1.21 bits per heavy atom. The number of pyridine rings is 3. The third-order valence-electron chi connectivity index (χ3n) is 24.8. The number of nitrogens with zero attached hydrogens (tertiary/aromatic N) is 10. The van der Waals surface area contributed by atoms with Gasteiger partial charge >= 0.3 is 0 Å². The van der Waals surface area contributed by atoms with E-state index in [0.717, 1.165) is 143 Å². The Kier molecular flexibility index (Phi) is 28.6. The molecule has 129 heavy (non-hydrogen) atoms. The van der Waals surface area contributed by atoms with Crippen molar-refractivity contribution in [2.24, 2.45) is 5.73 Å². The monoisotopic (exact) mass is 1790 g/mol. The summed E-state index contributed by atoms with van der Waals surface area (Å²) in [6.07, 6.45) is 10.6. The second-order valence-electron chi connectivity index (χ2n) is 35.1. The molecule has 12 heterocycles. The van der Waals surface area contributed by atoms with Crippen molar-refractivity contribution in [1.82, 2.24) is 79.2 Å². The minimum absolute atomic E-state index is 0.0318. The van der Waals surface area contributed by atoms with Gasteiger partial charge in [-0.25, -0.2) is 36.9 Å². The first-order valence-corrected chi connectivity index (χ1v) is 44.2. The molecule has 6 aliphatic heterocycles. The number of hydrogen-bond acceptors (Lipinski definition) is 18. The first-order valence-electron chi connectivity index (χ1n) is 43.8. The number of nitrogens with one attached hydrogen (secondary N) is 8. The number of anilines is 2. The Morgan fingerprint density at radius 1 is 0.450 bits per heavy atom. The fourth-order valence-electron chi connectivity index (χ4n) is 18.1. The van der Waals surface area contributed by atoms with E-state index in [1.165, 1.54) is 40.5 Å². The zero-order valence-electron chi connectivity index (χ0n) is 74.3. The van der Waals surface area contributed by atoms with Crippen LogP contribution in [-0.2, 0) is 25.8 Å². The molecule has 0 radical (unpaired) electrons. The number of likely N-dealkylation sites (tertiary alicyclic amines) is 3. The number of aromatic nitrogens is 9. The third-order valence-corrected chi connectivity index (χ3v) is 25.1. The molecule has 0 aliphatic carbocycles. The molecule has 6 aliphatic rings. The van der Waals surface area contributed by atoms with E-state index in [4.69, 9.17) is 17.3 Å². The van der Waals surface area contributed by atoms with Gasteiger partial charge in [-0.05, 0) is 311 Å². The highest BCUT2D eigenvalue weighted by Gasteiger charge is 2.44. The summed E-state index contributed by atoms with van der Waals surface area (Å²) in [6, 6.07) is 27.5. The van der Waals surface area contributed by atoms with Crippen LogP contribution in [0.5, 0.6) is 0 Å². The maximum atomic E-state index is 14.2. The zero-order chi connectivity index (χ0) is 92.2. The molecule has 0 spiro atoms. The number of H-pyrrole nitrogens is 6. The van der Waals surface area contributed by atoms with Crippen LogP contribution >= 0.6 is 11.6 Å². The molecule has 5 amide bonds. The van der Waals surface area contributed by atoms with Crippen LogP contribution in [-0.4, -0.2) is 224 Å². The van der Waals surface area contributed by atoms with E-state index >= 15 is 0 Å². The molecule has 33 heteroatoms. The maximum absolute atomic E-state index is 14.2. The number of aryl methyl sites for hydroxylation is 1. The normalized spacial score (nSPS) is 16.6. The first kappa shape index (κ1) is 92.8. The fourth-order valence-corrected chi connectivity index (χ4v) is 18.3. The number of fused-ring (bicyclic) bond motifs is 6. The van der Waals surface area contributed by atoms with Crippen molar-refractivity contribution in [3.63, 3.8) is 0 Å². The minimum atomic E-state index is -0.527. The van der Waals surface area contributed by atoms with E-state index in [2.05, 4.69) is 117 Å². The third kappa shape index (κ3) is 20.7. The number of nitrogens with two attached hydrogens (primary N) is 1. The summed E-state index contributed by atoms with van der Waals surface area (Å²) in [6.45, 7) is 25.7. The predicted molar refractivity (Wildman–Crippen MR) is 491 cm³/mol. The number of piperidine rings is 3. The van der Waals surface area contributed by atoms with Gasteiger partial charge in [-0.3, -0.25) is 53.1 Å². The van der Waals surface area contributed by atoms with Crippen LogP contribution in [0.4, 0.5) is 33.3 Å². The van der Waals surface area contributed by atoms with Crippen molar-refractivity contribution in [2.75, 3.05) is 77.6 Å². The summed E-state index contributed by atoms with van der Waals surface area (Å²) < 4.78 is 68.4. The molecular weight excluding hydrogens is 1680 g/mol. The molecule has 6 aromatic heterocycles. The second-order valence-corrected chi connectivity index (χ2v) is 35.5. The van der Waals surface area contributed by atoms with Crippen LogP contribution in [0, 0.1) is 36.0 Å². The second kappa shape index (κ2) is 39.7. The van der Waals surface area contributed by atoms with E-state index in [1.54, 1.807) is 61.5 Å². The Labute approximate surface area is 747 Å². The minimum Gasteiger partial charge on any atom is -0.381 e. The molecule has 6 aromatic carbocycles. The topological polar surface area (TPSA) is 343 Å². The summed E-state index contributed by atoms with van der Waals surface area (Å²) in [5.41, 5.74) is 15.1. The smallest absolute Gasteiger partial charge is 0.261 e. The Hall–Kier alpha value is -12.3. The van der Waals surface area contributed by atoms with Crippen LogP contribution in [0.2, 0.25) is 5.02 Å². The Balaban J connectivity index is 0.000000141. The van der Waals surface area contributed by atoms with E-state index in [0.29, 0.717) is 103 Å². The Morgan fingerprint density at radius 2 is 0.814 bits per heavy atom. The summed E-state index contributed by atoms with van der Waals surface area (Å²) in [4.78, 5) is 149. The number of imidazole rings is 3. The quantitative estimate of drug-likeness (QED) is 0.0268. The number of amides is 5. The molecular formula is C96H109ClF5N19O8. The number of aromatic amines is 6. The lowest BCUT2D eigenvalue weighted by Crippen LogP contribution is -2.46. The molecule has 3 saturated heterocycles. The van der Waals surface area contributed by atoms with Crippen molar-refractivity contribution < 1.29 is 45.9 Å². The zero-order valence-corrected chi connectivity index (χ0v) is 75.1. The fraction of sp³-hybridized carbons (Fsp3) is 0.385. The van der Waals surface area contributed by atoms with Gasteiger partial charge in [-0.2, -0.15) is 0 Å². The lowest BCUT2D eigenvalue weighted by Gasteiger charge is -2.34. The number of carbonyl (C=O) groups is 5. The summed E-state index contributed by atoms with van der Waals surface area (Å²) in [5.74, 6) is -2.45. The Bertz CT molecular complexity index is 6280. The molecule has 3 atom stereocenters. The number of imide groups is 2. The van der Waals surface area contributed by atoms with Crippen molar-refractivity contribution in [3.05, 3.63) is 249 Å². The van der Waals surface area contributed by atoms with Gasteiger partial charge in [0.15, 0.2) is 0 Å². The van der Waals surface area contributed by atoms with Gasteiger partial charge in [0, 0.05) is 79.0 Å². The van der Waals surface area contributed by atoms with Gasteiger partial charge in [-0.15, -0.1) is 0 Å². The lowest BCUT2D eigenvalue weighted by atomic mass is 10.0. The van der Waals surface area contributed by atoms with Gasteiger partial charge in [-0.1, -0.05) is 24.6 Å². The van der Waals surface area contributed by atoms with Gasteiger partial charge in [0.05, 0.1) is 71.8 Å². The van der Waals surface area contributed by atoms with Gasteiger partial charge in [0.1, 0.15) is 63.2 Å². The SMILES string of the molecule is CC(Cc1cc(F)ccc1F)Nc1cc[nH]c(=O)c1-c1nc2cc3c(cc2[nH]1)C(=O)N(C1CCN(C)CC1)C3=O.CC(Cc1cc(F)ccc1F)Nc1cc[nH]c(=O)c1-c1nc2cc3c(cc2[nH]1)CN(C1CCN(C)CC1)C3=O.CCN(C(C)C)C(C)C.CN1CCC(N2C(=O)c3cc4nc(-c5c(Cl)cc[nH]c5=O)[nH]c4cc3C2=O)CC1.Cc1ccc(F)cc1CC(C)N. The maximum Gasteiger partial charge on any atom is 0.261 e. The van der Waals surface area contributed by atoms with Crippen molar-refractivity contribution in [2.45, 2.75) is 175 Å². The van der Waals surface area contributed by atoms with Crippen molar-refractivity contribution >= 4 is 85.6 Å². The van der Waals surface area contributed by atoms with E-state index in [-0.39, 0.29) is 129 Å². The standard InChI is InChI=1S/C29H28F2N6O3.C29H30F2N6O2.C20H18ClN5O3.C10H14FN.C8H19N/c1-15(11-16-12-17(30)3-4-21(16)31)33-22-5-8-32-27(38)25(22)26-34-23-13-19-20(14-24(23)35-26)29(40)37(28(19)39)18-6-9-36(2)10-7-18;1-16(11-17-12-19(30)3-4-22(17)31)33-23-5-8-32-28(38)26(23)27-34-24-13-18-15-37(20-6-9-36(2)10-7-20)29(39)21(18)14-25(24)35-27;1-25-6-3-10(4-7-25)26-19(28)11-8-14-15(9-12(11)20(26)29)24-17(23-14)16-13(21)2-5-22-18(16)27;1-7-3-4-10(11)6-9(7)5-8(2)12;1-6-9(7(2)3)8(4)5/h3-5,8,12-15,18H,6-7,9-11H2,1-2H3,(H,34,35)(H2,32,33,38);3-5,8,12-14,16,20H,6-7,9-11,15H2,1-2H3,(H,34,35)(H2,32,33,38);2,5,8-10H,3-4,6-7H2,1H3,(H,22,27)(H,23,24);3-4,6,8H,5,12H2,1-2H3;7-8H,6H2,1-5H3. The molecule has 12 aromatic rings. The summed E-state index contributed by atoms with van der Waals surface area (Å²) in [7, 11) is 6.16. The van der Waals surface area contributed by atoms with Gasteiger partial charge < -0.3 is 65.9 Å². The summed E-state index contributed by atoms with van der Waals surface area (Å²) >= 11 is 6.16. The highest BCUT2D eigenvalue weighted by atomic mass is 35.5. The average Bonchev–Trinajstić information content (AvgIpc) is 1.60. The van der Waals surface area contributed by atoms with Crippen LogP contribution in [0.1, 0.15) is 174 Å². The van der Waals surface area contributed by atoms with Crippen LogP contribution in [0.25, 0.3) is 67.3 Å². The highest BCUT2D eigenvalue weighted by Crippen LogP contribution is 2.38. The first-order chi connectivity index (χ1) is 61.6. The largest absolute Gasteiger partial charge is 0.381 e. The molecule has 18 rings (SSSR count). The molecule has 3 unspecified atom stereocenters. The molecule has 0 saturated carbocycles.